The van der Waals surface area contributed by atoms with E-state index in [1.54, 1.807) is 23.7 Å². The fraction of sp³-hybridized carbons (Fsp3) is 0.0769. The van der Waals surface area contributed by atoms with Gasteiger partial charge in [0.1, 0.15) is 11.0 Å². The summed E-state index contributed by atoms with van der Waals surface area (Å²) in [5.74, 6) is -1.02. The minimum Gasteiger partial charge on any atom is -1.00 e. The van der Waals surface area contributed by atoms with Gasteiger partial charge in [-0.3, -0.25) is 5.73 Å². The Morgan fingerprint density at radius 1 is 1.29 bits per heavy atom. The Balaban J connectivity index is 0.00000208. The number of nitrogens with two attached hydrogens (primary N) is 2. The Kier molecular flexibility index (Phi) is 4.31. The van der Waals surface area contributed by atoms with Crippen molar-refractivity contribution in [2.24, 2.45) is 12.2 Å². The smallest absolute Gasteiger partial charge is 0.354 e. The highest BCUT2D eigenvalue weighted by Crippen LogP contribution is 2.31. The number of para-hydroxylation sites is 1. The molecule has 24 heavy (non-hydrogen) atoms. The molecular weight excluding hydrogens is 358 g/mol. The van der Waals surface area contributed by atoms with Crippen molar-refractivity contribution >= 4 is 33.2 Å². The first kappa shape index (κ1) is 17.8. The number of fused-ring (bicyclic) bond motifs is 1. The summed E-state index contributed by atoms with van der Waals surface area (Å²) in [4.78, 5) is 14.5. The summed E-state index contributed by atoms with van der Waals surface area (Å²) in [6.45, 7) is 0. The number of anilines is 1. The summed E-state index contributed by atoms with van der Waals surface area (Å²) < 4.78 is 25.4. The Labute approximate surface area is 143 Å². The van der Waals surface area contributed by atoms with Gasteiger partial charge in [0.15, 0.2) is 5.69 Å². The van der Waals surface area contributed by atoms with Crippen LogP contribution in [0.5, 0.6) is 0 Å². The van der Waals surface area contributed by atoms with Crippen LogP contribution in [0.25, 0.3) is 22.2 Å². The number of nitrogen functional groups attached to an aromatic ring is 1. The third-order valence-corrected chi connectivity index (χ3v) is 4.49. The number of aromatic carboxylic acids is 1. The van der Waals surface area contributed by atoms with Crippen LogP contribution in [0.2, 0.25) is 0 Å². The number of aromatic nitrogens is 3. The molecule has 0 amide bonds. The van der Waals surface area contributed by atoms with Crippen molar-refractivity contribution in [3.63, 3.8) is 0 Å². The van der Waals surface area contributed by atoms with E-state index in [1.165, 1.54) is 6.07 Å². The van der Waals surface area contributed by atoms with Crippen molar-refractivity contribution in [2.45, 2.75) is 0 Å². The second kappa shape index (κ2) is 5.82. The number of imidazole rings is 1. The van der Waals surface area contributed by atoms with E-state index in [9.17, 15) is 18.3 Å². The fourth-order valence-electron chi connectivity index (χ4n) is 2.57. The average molecular weight is 372 g/mol. The molecule has 0 radical (unpaired) electrons. The number of aryl methyl sites for hydroxylation is 1. The number of benzene rings is 1. The first-order chi connectivity index (χ1) is 10.7. The molecule has 128 valence electrons. The van der Waals surface area contributed by atoms with Crippen LogP contribution >= 0.6 is 0 Å². The molecule has 0 unspecified atom stereocenters. The normalized spacial score (nSPS) is 11.4. The van der Waals surface area contributed by atoms with E-state index in [0.29, 0.717) is 21.0 Å². The Bertz CT molecular complexity index is 1050. The van der Waals surface area contributed by atoms with E-state index in [4.69, 9.17) is 10.9 Å². The van der Waals surface area contributed by atoms with E-state index < -0.39 is 21.9 Å². The first-order valence-corrected chi connectivity index (χ1v) is 7.96. The number of nitrogens with one attached hydrogen (secondary N) is 1. The third kappa shape index (κ3) is 2.60. The van der Waals surface area contributed by atoms with Crippen LogP contribution in [-0.2, 0) is 17.3 Å². The van der Waals surface area contributed by atoms with Crippen LogP contribution in [0.4, 0.5) is 5.95 Å². The van der Waals surface area contributed by atoms with Crippen molar-refractivity contribution < 1.29 is 35.3 Å². The van der Waals surface area contributed by atoms with Crippen molar-refractivity contribution in [2.75, 3.05) is 5.73 Å². The van der Waals surface area contributed by atoms with Crippen molar-refractivity contribution in [3.8, 4) is 11.1 Å². The number of carboxylic acids is 1. The van der Waals surface area contributed by atoms with Gasteiger partial charge in [-0.2, -0.15) is 8.42 Å². The monoisotopic (exact) mass is 371 g/mol. The maximum Gasteiger partial charge on any atom is 0.354 e. The average Bonchev–Trinajstić information content (AvgIpc) is 3.01. The fourth-order valence-corrected chi connectivity index (χ4v) is 3.23. The zero-order valence-electron chi connectivity index (χ0n) is 12.4. The number of nitrogens with zero attached hydrogens (tertiary/aromatic N) is 2. The van der Waals surface area contributed by atoms with Crippen LogP contribution in [0.15, 0.2) is 30.5 Å². The molecule has 1 aromatic carbocycles. The van der Waals surface area contributed by atoms with Gasteiger partial charge in [0.2, 0.25) is 0 Å². The minimum atomic E-state index is -4.23. The number of rotatable bonds is 3. The van der Waals surface area contributed by atoms with Gasteiger partial charge in [0.05, 0.1) is 7.05 Å². The number of carbonyl (C=O) groups is 1. The number of hydrogen-bond acceptors (Lipinski definition) is 4. The maximum absolute atomic E-state index is 11.6. The summed E-state index contributed by atoms with van der Waals surface area (Å²) in [5, 5.41) is 14.5. The van der Waals surface area contributed by atoms with Gasteiger partial charge >= 0.3 is 22.1 Å². The lowest BCUT2D eigenvalue weighted by Crippen LogP contribution is -3.00. The molecule has 0 aliphatic rings. The highest BCUT2D eigenvalue weighted by atomic mass is 35.5. The number of halogens is 1. The highest BCUT2D eigenvalue weighted by molar-refractivity contribution is 7.87. The lowest BCUT2D eigenvalue weighted by Gasteiger charge is -2.05. The molecule has 2 aromatic heterocycles. The molecule has 9 nitrogen and oxygen atoms in total. The summed E-state index contributed by atoms with van der Waals surface area (Å²) in [7, 11) is -2.47. The molecule has 0 aliphatic carbocycles. The predicted molar refractivity (Wildman–Crippen MR) is 82.8 cm³/mol. The lowest BCUT2D eigenvalue weighted by molar-refractivity contribution is -0.629. The SMILES string of the molecule is C[n+]1c(N)[nH]c2c(-c3ccn(S(N)(=O)=O)c3C(=O)O)cccc21.[Cl-]. The molecule has 3 aromatic rings. The number of aromatic amines is 1. The summed E-state index contributed by atoms with van der Waals surface area (Å²) in [5.41, 5.74) is 7.49. The van der Waals surface area contributed by atoms with Crippen LogP contribution in [0.3, 0.4) is 0 Å². The van der Waals surface area contributed by atoms with Gasteiger partial charge in [-0.05, 0) is 12.1 Å². The van der Waals surface area contributed by atoms with Gasteiger partial charge in [-0.15, -0.1) is 0 Å². The van der Waals surface area contributed by atoms with Gasteiger partial charge in [0, 0.05) is 17.3 Å². The van der Waals surface area contributed by atoms with Crippen molar-refractivity contribution in [3.05, 3.63) is 36.2 Å². The van der Waals surface area contributed by atoms with E-state index in [-0.39, 0.29) is 18.0 Å². The topological polar surface area (TPSA) is 148 Å². The molecule has 11 heteroatoms. The molecular formula is C13H14ClN5O4S. The quantitative estimate of drug-likeness (QED) is 0.358. The maximum atomic E-state index is 11.6. The molecule has 2 heterocycles. The van der Waals surface area contributed by atoms with Crippen LogP contribution in [0.1, 0.15) is 10.5 Å². The largest absolute Gasteiger partial charge is 1.00 e. The lowest BCUT2D eigenvalue weighted by atomic mass is 10.0. The zero-order chi connectivity index (χ0) is 16.9. The second-order valence-corrected chi connectivity index (χ2v) is 6.42. The van der Waals surface area contributed by atoms with Gasteiger partial charge < -0.3 is 17.5 Å². The Hall–Kier alpha value is -2.56. The molecule has 0 atom stereocenters. The van der Waals surface area contributed by atoms with Crippen LogP contribution in [-0.4, -0.2) is 28.5 Å². The van der Waals surface area contributed by atoms with E-state index in [0.717, 1.165) is 11.7 Å². The first-order valence-electron chi connectivity index (χ1n) is 6.46. The third-order valence-electron chi connectivity index (χ3n) is 3.64. The zero-order valence-corrected chi connectivity index (χ0v) is 14.0. The van der Waals surface area contributed by atoms with E-state index in [2.05, 4.69) is 4.98 Å². The Morgan fingerprint density at radius 2 is 1.96 bits per heavy atom. The molecule has 0 saturated carbocycles. The molecule has 6 N–H and O–H groups in total. The predicted octanol–water partition coefficient (Wildman–Crippen LogP) is -3.20. The van der Waals surface area contributed by atoms with Gasteiger partial charge in [0.25, 0.3) is 0 Å². The Morgan fingerprint density at radius 3 is 2.54 bits per heavy atom. The number of H-pyrrole nitrogens is 1. The standard InChI is InChI=1S/C13H13N5O4S.ClH/c1-17-9-4-2-3-7(10(9)16-13(17)14)8-5-6-18(23(15,21)22)11(8)12(19)20;/h2-6H,1H3,(H5,14,15,16,19,20,21,22);1H. The van der Waals surface area contributed by atoms with E-state index in [1.807, 2.05) is 6.07 Å². The van der Waals surface area contributed by atoms with Crippen LogP contribution < -0.4 is 27.8 Å². The van der Waals surface area contributed by atoms with Crippen LogP contribution in [0, 0.1) is 0 Å². The van der Waals surface area contributed by atoms with Crippen molar-refractivity contribution in [1.29, 1.82) is 0 Å². The molecule has 0 spiro atoms. The second-order valence-electron chi connectivity index (χ2n) is 4.99. The molecule has 3 rings (SSSR count). The summed E-state index contributed by atoms with van der Waals surface area (Å²) in [6.07, 6.45) is 1.11. The van der Waals surface area contributed by atoms with Gasteiger partial charge in [-0.1, -0.05) is 12.1 Å². The van der Waals surface area contributed by atoms with Crippen molar-refractivity contribution in [1.82, 2.24) is 8.96 Å². The van der Waals surface area contributed by atoms with Gasteiger partial charge in [-0.25, -0.2) is 23.5 Å². The number of carboxylic acid groups (broad SMARTS) is 1. The summed E-state index contributed by atoms with van der Waals surface area (Å²) >= 11 is 0. The molecule has 0 fully saturated rings. The number of hydrogen-bond donors (Lipinski definition) is 4. The summed E-state index contributed by atoms with van der Waals surface area (Å²) in [6, 6.07) is 6.60. The molecule has 0 aliphatic heterocycles. The molecule has 0 saturated heterocycles. The highest BCUT2D eigenvalue weighted by Gasteiger charge is 2.25. The van der Waals surface area contributed by atoms with E-state index >= 15 is 0 Å². The molecule has 0 bridgehead atoms. The minimum absolute atomic E-state index is 0.